The SMILES string of the molecule is CCCCCCCC[C@@H]1C[C@@H]1CCCCCCCC(CCCCC)CCCCCCN. The van der Waals surface area contributed by atoms with Crippen LogP contribution in [0.15, 0.2) is 0 Å². The quantitative estimate of drug-likeness (QED) is 0.142. The van der Waals surface area contributed by atoms with Crippen molar-refractivity contribution in [2.24, 2.45) is 23.5 Å². The molecule has 0 aromatic rings. The first-order valence-corrected chi connectivity index (χ1v) is 15.0. The zero-order valence-corrected chi connectivity index (χ0v) is 22.0. The lowest BCUT2D eigenvalue weighted by Crippen LogP contribution is -2.02. The van der Waals surface area contributed by atoms with Crippen molar-refractivity contribution >= 4 is 0 Å². The Morgan fingerprint density at radius 1 is 0.516 bits per heavy atom. The normalized spacial score (nSPS) is 19.1. The summed E-state index contributed by atoms with van der Waals surface area (Å²) in [4.78, 5) is 0. The van der Waals surface area contributed by atoms with Gasteiger partial charge in [-0.05, 0) is 37.1 Å². The molecule has 1 saturated carbocycles. The number of rotatable bonds is 25. The fourth-order valence-corrected chi connectivity index (χ4v) is 5.62. The first kappa shape index (κ1) is 29.0. The van der Waals surface area contributed by atoms with Gasteiger partial charge in [0.25, 0.3) is 0 Å². The zero-order valence-electron chi connectivity index (χ0n) is 22.0. The Morgan fingerprint density at radius 2 is 0.903 bits per heavy atom. The smallest absolute Gasteiger partial charge is 0.00773 e. The third-order valence-electron chi connectivity index (χ3n) is 7.97. The minimum Gasteiger partial charge on any atom is -0.330 e. The van der Waals surface area contributed by atoms with E-state index in [4.69, 9.17) is 5.73 Å². The summed E-state index contributed by atoms with van der Waals surface area (Å²) in [6.07, 6.45) is 35.1. The lowest BCUT2D eigenvalue weighted by atomic mass is 9.89. The molecule has 1 aliphatic rings. The van der Waals surface area contributed by atoms with Crippen molar-refractivity contribution in [1.82, 2.24) is 0 Å². The van der Waals surface area contributed by atoms with E-state index in [0.29, 0.717) is 0 Å². The van der Waals surface area contributed by atoms with Gasteiger partial charge in [-0.15, -0.1) is 0 Å². The van der Waals surface area contributed by atoms with Gasteiger partial charge in [0.1, 0.15) is 0 Å². The van der Waals surface area contributed by atoms with E-state index in [-0.39, 0.29) is 0 Å². The summed E-state index contributed by atoms with van der Waals surface area (Å²) >= 11 is 0. The maximum atomic E-state index is 5.63. The van der Waals surface area contributed by atoms with Gasteiger partial charge in [0.15, 0.2) is 0 Å². The molecule has 3 atom stereocenters. The van der Waals surface area contributed by atoms with Crippen molar-refractivity contribution in [2.45, 2.75) is 168 Å². The van der Waals surface area contributed by atoms with Crippen molar-refractivity contribution in [3.63, 3.8) is 0 Å². The Labute approximate surface area is 198 Å². The standard InChI is InChI=1S/C30H61N/c1-3-5-7-8-11-18-24-29-27-30(29)25-19-12-9-10-16-22-28(21-15-6-4-2)23-17-13-14-20-26-31/h28-30H,3-27,31H2,1-2H3/t28?,29-,30+/m1/s1. The molecule has 2 N–H and O–H groups in total. The van der Waals surface area contributed by atoms with Crippen molar-refractivity contribution in [3.05, 3.63) is 0 Å². The van der Waals surface area contributed by atoms with E-state index in [0.717, 1.165) is 24.3 Å². The van der Waals surface area contributed by atoms with Crippen LogP contribution in [0.4, 0.5) is 0 Å². The average molecular weight is 436 g/mol. The molecule has 1 unspecified atom stereocenters. The van der Waals surface area contributed by atoms with Crippen LogP contribution < -0.4 is 5.73 Å². The third kappa shape index (κ3) is 18.1. The Morgan fingerprint density at radius 3 is 1.42 bits per heavy atom. The molecule has 0 aromatic heterocycles. The van der Waals surface area contributed by atoms with Gasteiger partial charge in [-0.1, -0.05) is 155 Å². The minimum atomic E-state index is 0.875. The molecular formula is C30H61N. The predicted octanol–water partition coefficient (Wildman–Crippen LogP) is 10.2. The average Bonchev–Trinajstić information content (AvgIpc) is 3.53. The monoisotopic (exact) mass is 435 g/mol. The molecule has 0 aromatic carbocycles. The Hall–Kier alpha value is -0.0400. The molecule has 0 aliphatic heterocycles. The number of hydrogen-bond acceptors (Lipinski definition) is 1. The molecule has 0 heterocycles. The molecule has 0 radical (unpaired) electrons. The van der Waals surface area contributed by atoms with Gasteiger partial charge in [0.05, 0.1) is 0 Å². The molecule has 1 heteroatoms. The molecule has 1 nitrogen and oxygen atoms in total. The highest BCUT2D eigenvalue weighted by molar-refractivity contribution is 4.85. The van der Waals surface area contributed by atoms with Gasteiger partial charge >= 0.3 is 0 Å². The molecular weight excluding hydrogens is 374 g/mol. The fourth-order valence-electron chi connectivity index (χ4n) is 5.62. The van der Waals surface area contributed by atoms with Crippen LogP contribution in [0.2, 0.25) is 0 Å². The van der Waals surface area contributed by atoms with Crippen LogP contribution in [0.1, 0.15) is 168 Å². The van der Waals surface area contributed by atoms with Crippen molar-refractivity contribution in [2.75, 3.05) is 6.54 Å². The molecule has 0 bridgehead atoms. The summed E-state index contributed by atoms with van der Waals surface area (Å²) in [5, 5.41) is 0. The van der Waals surface area contributed by atoms with Gasteiger partial charge < -0.3 is 5.73 Å². The molecule has 186 valence electrons. The predicted molar refractivity (Wildman–Crippen MR) is 142 cm³/mol. The van der Waals surface area contributed by atoms with Gasteiger partial charge in [-0.2, -0.15) is 0 Å². The van der Waals surface area contributed by atoms with Crippen molar-refractivity contribution in [1.29, 1.82) is 0 Å². The van der Waals surface area contributed by atoms with E-state index in [1.54, 1.807) is 19.3 Å². The van der Waals surface area contributed by atoms with Crippen LogP contribution in [-0.4, -0.2) is 6.54 Å². The summed E-state index contributed by atoms with van der Waals surface area (Å²) in [7, 11) is 0. The van der Waals surface area contributed by atoms with E-state index in [2.05, 4.69) is 13.8 Å². The van der Waals surface area contributed by atoms with Crippen molar-refractivity contribution in [3.8, 4) is 0 Å². The number of hydrogen-bond donors (Lipinski definition) is 1. The van der Waals surface area contributed by atoms with Gasteiger partial charge in [-0.25, -0.2) is 0 Å². The molecule has 1 aliphatic carbocycles. The van der Waals surface area contributed by atoms with Crippen LogP contribution in [-0.2, 0) is 0 Å². The summed E-state index contributed by atoms with van der Waals surface area (Å²) in [5.41, 5.74) is 5.63. The molecule has 1 fully saturated rings. The lowest BCUT2D eigenvalue weighted by molar-refractivity contribution is 0.368. The third-order valence-corrected chi connectivity index (χ3v) is 7.97. The largest absolute Gasteiger partial charge is 0.330 e. The molecule has 0 spiro atoms. The van der Waals surface area contributed by atoms with Crippen molar-refractivity contribution < 1.29 is 0 Å². The first-order chi connectivity index (χ1) is 15.3. The minimum absolute atomic E-state index is 0.875. The maximum Gasteiger partial charge on any atom is -0.00773 e. The van der Waals surface area contributed by atoms with E-state index >= 15 is 0 Å². The highest BCUT2D eigenvalue weighted by Crippen LogP contribution is 2.45. The summed E-state index contributed by atoms with van der Waals surface area (Å²) < 4.78 is 0. The first-order valence-electron chi connectivity index (χ1n) is 15.0. The topological polar surface area (TPSA) is 26.0 Å². The van der Waals surface area contributed by atoms with Gasteiger partial charge in [0.2, 0.25) is 0 Å². The maximum absolute atomic E-state index is 5.63. The zero-order chi connectivity index (χ0) is 22.4. The summed E-state index contributed by atoms with van der Waals surface area (Å²) in [5.74, 6) is 3.26. The molecule has 31 heavy (non-hydrogen) atoms. The molecule has 1 rings (SSSR count). The van der Waals surface area contributed by atoms with Crippen LogP contribution in [0, 0.1) is 17.8 Å². The lowest BCUT2D eigenvalue weighted by Gasteiger charge is -2.17. The number of nitrogens with two attached hydrogens (primary N) is 1. The highest BCUT2D eigenvalue weighted by atomic mass is 14.5. The molecule has 0 amide bonds. The van der Waals surface area contributed by atoms with Crippen LogP contribution >= 0.6 is 0 Å². The Kier molecular flexibility index (Phi) is 20.4. The summed E-state index contributed by atoms with van der Waals surface area (Å²) in [6.45, 7) is 5.52. The van der Waals surface area contributed by atoms with Crippen LogP contribution in [0.5, 0.6) is 0 Å². The highest BCUT2D eigenvalue weighted by Gasteiger charge is 2.34. The Bertz CT molecular complexity index is 352. The molecule has 0 saturated heterocycles. The van der Waals surface area contributed by atoms with E-state index < -0.39 is 0 Å². The van der Waals surface area contributed by atoms with E-state index in [9.17, 15) is 0 Å². The Balaban J connectivity index is 1.93. The van der Waals surface area contributed by atoms with Gasteiger partial charge in [-0.3, -0.25) is 0 Å². The van der Waals surface area contributed by atoms with Crippen LogP contribution in [0.25, 0.3) is 0 Å². The summed E-state index contributed by atoms with van der Waals surface area (Å²) in [6, 6.07) is 0. The second-order valence-electron chi connectivity index (χ2n) is 11.0. The van der Waals surface area contributed by atoms with E-state index in [1.807, 2.05) is 0 Å². The van der Waals surface area contributed by atoms with Gasteiger partial charge in [0, 0.05) is 0 Å². The van der Waals surface area contributed by atoms with Crippen LogP contribution in [0.3, 0.4) is 0 Å². The second-order valence-corrected chi connectivity index (χ2v) is 11.0. The number of unbranched alkanes of at least 4 members (excludes halogenated alkanes) is 14. The fraction of sp³-hybridized carbons (Fsp3) is 1.00. The second kappa shape index (κ2) is 21.8. The van der Waals surface area contributed by atoms with E-state index in [1.165, 1.54) is 135 Å².